The SMILES string of the molecule is CC1(C)O[C@H]2O[C@H](COC(=O)c3ccccc3)[C@@H](/[N+]([O-])=C/c3cccs3)[C@H]2O1. The molecule has 4 rings (SSSR count). The quantitative estimate of drug-likeness (QED) is 0.251. The van der Waals surface area contributed by atoms with Gasteiger partial charge in [0, 0.05) is 0 Å². The molecule has 0 bridgehead atoms. The molecule has 8 heteroatoms. The van der Waals surface area contributed by atoms with Crippen LogP contribution in [-0.2, 0) is 18.9 Å². The van der Waals surface area contributed by atoms with Gasteiger partial charge in [-0.3, -0.25) is 0 Å². The number of hydroxylamine groups is 1. The van der Waals surface area contributed by atoms with E-state index in [1.54, 1.807) is 38.1 Å². The fourth-order valence-electron chi connectivity index (χ4n) is 3.40. The van der Waals surface area contributed by atoms with Gasteiger partial charge in [-0.2, -0.15) is 0 Å². The molecule has 0 spiro atoms. The smallest absolute Gasteiger partial charge is 0.338 e. The summed E-state index contributed by atoms with van der Waals surface area (Å²) >= 11 is 1.46. The van der Waals surface area contributed by atoms with Gasteiger partial charge >= 0.3 is 5.97 Å². The van der Waals surface area contributed by atoms with Crippen LogP contribution in [0.5, 0.6) is 0 Å². The van der Waals surface area contributed by atoms with E-state index in [9.17, 15) is 10.0 Å². The highest BCUT2D eigenvalue weighted by Gasteiger charge is 2.59. The highest BCUT2D eigenvalue weighted by molar-refractivity contribution is 7.11. The van der Waals surface area contributed by atoms with E-state index in [1.807, 2.05) is 23.6 Å². The van der Waals surface area contributed by atoms with E-state index in [0.29, 0.717) is 5.56 Å². The number of benzene rings is 1. The zero-order chi connectivity index (χ0) is 19.7. The number of fused-ring (bicyclic) bond motifs is 1. The van der Waals surface area contributed by atoms with E-state index in [2.05, 4.69) is 0 Å². The first-order valence-corrected chi connectivity index (χ1v) is 9.88. The standard InChI is InChI=1S/C20H21NO6S/c1-20(2)26-17-16(21(23)11-14-9-6-10-28-14)15(25-19(17)27-20)12-24-18(22)13-7-4-3-5-8-13/h3-11,15-17,19H,12H2,1-2H3/b21-11-/t15-,16-,17-,19-/m1/s1. The number of hydrogen-bond donors (Lipinski definition) is 0. The first kappa shape index (κ1) is 19.1. The second-order valence-electron chi connectivity index (χ2n) is 7.10. The molecule has 0 N–H and O–H groups in total. The van der Waals surface area contributed by atoms with Gasteiger partial charge in [-0.25, -0.2) is 9.53 Å². The monoisotopic (exact) mass is 403 g/mol. The summed E-state index contributed by atoms with van der Waals surface area (Å²) in [5.74, 6) is -1.31. The van der Waals surface area contributed by atoms with Crippen LogP contribution in [0.1, 0.15) is 29.1 Å². The van der Waals surface area contributed by atoms with Gasteiger partial charge in [0.1, 0.15) is 6.61 Å². The van der Waals surface area contributed by atoms with E-state index in [4.69, 9.17) is 18.9 Å². The Kier molecular flexibility index (Phi) is 5.20. The van der Waals surface area contributed by atoms with Crippen LogP contribution in [0.2, 0.25) is 0 Å². The van der Waals surface area contributed by atoms with Crippen molar-refractivity contribution in [2.24, 2.45) is 0 Å². The van der Waals surface area contributed by atoms with Crippen molar-refractivity contribution in [2.45, 2.75) is 44.2 Å². The molecule has 2 aliphatic rings. The first-order valence-electron chi connectivity index (χ1n) is 9.00. The van der Waals surface area contributed by atoms with E-state index in [-0.39, 0.29) is 6.61 Å². The summed E-state index contributed by atoms with van der Waals surface area (Å²) in [4.78, 5) is 13.1. The van der Waals surface area contributed by atoms with Crippen molar-refractivity contribution in [1.29, 1.82) is 0 Å². The Morgan fingerprint density at radius 3 is 2.75 bits per heavy atom. The maximum Gasteiger partial charge on any atom is 0.338 e. The fraction of sp³-hybridized carbons (Fsp3) is 0.400. The van der Waals surface area contributed by atoms with Crippen LogP contribution in [-0.4, -0.2) is 53.9 Å². The third-order valence-corrected chi connectivity index (χ3v) is 5.40. The molecule has 0 radical (unpaired) electrons. The van der Waals surface area contributed by atoms with Crippen LogP contribution in [0.3, 0.4) is 0 Å². The molecule has 0 amide bonds. The van der Waals surface area contributed by atoms with Gasteiger partial charge in [-0.1, -0.05) is 24.3 Å². The lowest BCUT2D eigenvalue weighted by molar-refractivity contribution is -0.514. The molecule has 0 aliphatic carbocycles. The summed E-state index contributed by atoms with van der Waals surface area (Å²) in [5, 5.41) is 14.8. The van der Waals surface area contributed by atoms with Crippen LogP contribution < -0.4 is 0 Å². The van der Waals surface area contributed by atoms with Gasteiger partial charge in [0.05, 0.1) is 10.4 Å². The van der Waals surface area contributed by atoms with Gasteiger partial charge in [0.2, 0.25) is 6.04 Å². The van der Waals surface area contributed by atoms with Gasteiger partial charge in [-0.15, -0.1) is 11.3 Å². The minimum Gasteiger partial charge on any atom is -0.623 e. The summed E-state index contributed by atoms with van der Waals surface area (Å²) in [5.41, 5.74) is 0.440. The average molecular weight is 403 g/mol. The van der Waals surface area contributed by atoms with Crippen LogP contribution >= 0.6 is 11.3 Å². The number of thiophene rings is 1. The number of nitrogens with zero attached hydrogens (tertiary/aromatic N) is 1. The number of ether oxygens (including phenoxy) is 4. The molecule has 4 atom stereocenters. The predicted octanol–water partition coefficient (Wildman–Crippen LogP) is 2.78. The van der Waals surface area contributed by atoms with E-state index in [1.165, 1.54) is 17.6 Å². The van der Waals surface area contributed by atoms with Crippen LogP contribution in [0.25, 0.3) is 0 Å². The topological polar surface area (TPSA) is 80.1 Å². The van der Waals surface area contributed by atoms with E-state index >= 15 is 0 Å². The number of rotatable bonds is 5. The van der Waals surface area contributed by atoms with Crippen molar-refractivity contribution in [2.75, 3.05) is 6.61 Å². The van der Waals surface area contributed by atoms with Crippen molar-refractivity contribution in [3.63, 3.8) is 0 Å². The van der Waals surface area contributed by atoms with Gasteiger partial charge in [0.15, 0.2) is 30.5 Å². The fourth-order valence-corrected chi connectivity index (χ4v) is 4.03. The largest absolute Gasteiger partial charge is 0.623 e. The summed E-state index contributed by atoms with van der Waals surface area (Å²) in [6, 6.07) is 11.7. The third kappa shape index (κ3) is 3.95. The minimum atomic E-state index is -0.844. The maximum absolute atomic E-state index is 12.9. The minimum absolute atomic E-state index is 0.0738. The molecule has 1 aromatic heterocycles. The molecule has 7 nitrogen and oxygen atoms in total. The maximum atomic E-state index is 12.9. The van der Waals surface area contributed by atoms with Gasteiger partial charge in [0.25, 0.3) is 0 Å². The molecule has 2 aliphatic heterocycles. The number of esters is 1. The van der Waals surface area contributed by atoms with Crippen molar-refractivity contribution >= 4 is 23.5 Å². The summed E-state index contributed by atoms with van der Waals surface area (Å²) in [6.45, 7) is 3.47. The third-order valence-electron chi connectivity index (χ3n) is 4.59. The second kappa shape index (κ2) is 7.63. The van der Waals surface area contributed by atoms with Crippen molar-refractivity contribution < 1.29 is 28.5 Å². The molecule has 3 heterocycles. The molecule has 28 heavy (non-hydrogen) atoms. The summed E-state index contributed by atoms with van der Waals surface area (Å²) in [7, 11) is 0. The lowest BCUT2D eigenvalue weighted by atomic mass is 10.1. The molecule has 2 aromatic rings. The Morgan fingerprint density at radius 2 is 2.04 bits per heavy atom. The highest BCUT2D eigenvalue weighted by atomic mass is 32.1. The first-order chi connectivity index (χ1) is 13.4. The van der Waals surface area contributed by atoms with Crippen LogP contribution in [0, 0.1) is 5.21 Å². The Balaban J connectivity index is 1.51. The van der Waals surface area contributed by atoms with E-state index in [0.717, 1.165) is 9.62 Å². The molecule has 2 saturated heterocycles. The highest BCUT2D eigenvalue weighted by Crippen LogP contribution is 2.38. The number of hydrogen-bond acceptors (Lipinski definition) is 7. The number of carbonyl (C=O) groups is 1. The zero-order valence-electron chi connectivity index (χ0n) is 15.5. The normalized spacial score (nSPS) is 28.9. The molecule has 148 valence electrons. The Hall–Kier alpha value is -2.26. The Labute approximate surface area is 166 Å². The van der Waals surface area contributed by atoms with Crippen LogP contribution in [0.4, 0.5) is 0 Å². The summed E-state index contributed by atoms with van der Waals surface area (Å²) in [6.07, 6.45) is -0.438. The molecule has 1 aromatic carbocycles. The van der Waals surface area contributed by atoms with Crippen molar-refractivity contribution in [3.8, 4) is 0 Å². The predicted molar refractivity (Wildman–Crippen MR) is 102 cm³/mol. The molecule has 0 unspecified atom stereocenters. The molecular formula is C20H21NO6S. The van der Waals surface area contributed by atoms with Crippen molar-refractivity contribution in [3.05, 3.63) is 63.5 Å². The van der Waals surface area contributed by atoms with Crippen molar-refractivity contribution in [1.82, 2.24) is 0 Å². The zero-order valence-corrected chi connectivity index (χ0v) is 16.3. The van der Waals surface area contributed by atoms with Crippen LogP contribution in [0.15, 0.2) is 47.8 Å². The van der Waals surface area contributed by atoms with Gasteiger partial charge in [-0.05, 0) is 37.4 Å². The Morgan fingerprint density at radius 1 is 1.25 bits per heavy atom. The molecular weight excluding hydrogens is 382 g/mol. The van der Waals surface area contributed by atoms with Gasteiger partial charge < -0.3 is 24.2 Å². The molecule has 2 fully saturated rings. The lowest BCUT2D eigenvalue weighted by Crippen LogP contribution is -2.44. The van der Waals surface area contributed by atoms with E-state index < -0.39 is 36.3 Å². The molecule has 0 saturated carbocycles. The lowest BCUT2D eigenvalue weighted by Gasteiger charge is -2.24. The average Bonchev–Trinajstić information content (AvgIpc) is 3.34. The summed E-state index contributed by atoms with van der Waals surface area (Å²) < 4.78 is 23.7. The number of carbonyl (C=O) groups excluding carboxylic acids is 1. The second-order valence-corrected chi connectivity index (χ2v) is 8.08. The Bertz CT molecular complexity index is 851.